The molecule has 118 valence electrons. The Bertz CT molecular complexity index is 855. The van der Waals surface area contributed by atoms with E-state index in [0.717, 1.165) is 17.0 Å². The fraction of sp³-hybridized carbons (Fsp3) is 0.133. The molecule has 0 aliphatic rings. The van der Waals surface area contributed by atoms with Gasteiger partial charge in [-0.15, -0.1) is 16.4 Å². The second-order valence-electron chi connectivity index (χ2n) is 4.49. The van der Waals surface area contributed by atoms with E-state index in [2.05, 4.69) is 22.0 Å². The first kappa shape index (κ1) is 15.0. The summed E-state index contributed by atoms with van der Waals surface area (Å²) < 4.78 is 11.7. The molecule has 1 N–H and O–H groups in total. The third-order valence-electron chi connectivity index (χ3n) is 2.99. The van der Waals surface area contributed by atoms with Gasteiger partial charge in [-0.25, -0.2) is 9.31 Å². The van der Waals surface area contributed by atoms with E-state index in [1.807, 2.05) is 29.6 Å². The number of rotatable bonds is 5. The molecule has 3 rings (SSSR count). The van der Waals surface area contributed by atoms with Crippen LogP contribution in [-0.2, 0) is 4.74 Å². The van der Waals surface area contributed by atoms with Crippen molar-refractivity contribution in [1.82, 2.24) is 14.6 Å². The molecule has 0 saturated heterocycles. The fourth-order valence-corrected chi connectivity index (χ4v) is 2.81. The zero-order chi connectivity index (χ0) is 16.2. The summed E-state index contributed by atoms with van der Waals surface area (Å²) in [5.74, 6) is 0.948. The molecule has 2 heterocycles. The third kappa shape index (κ3) is 3.16. The number of carbonyl (C=O) groups is 1. The number of hydrogen-bond donors (Lipinski definition) is 1. The lowest BCUT2D eigenvalue weighted by molar-refractivity contribution is 0.174. The molecule has 7 nitrogen and oxygen atoms in total. The van der Waals surface area contributed by atoms with Gasteiger partial charge in [-0.1, -0.05) is 24.8 Å². The summed E-state index contributed by atoms with van der Waals surface area (Å²) in [4.78, 5) is 16.4. The van der Waals surface area contributed by atoms with Gasteiger partial charge < -0.3 is 9.47 Å². The monoisotopic (exact) mass is 330 g/mol. The Labute approximate surface area is 136 Å². The van der Waals surface area contributed by atoms with Gasteiger partial charge in [-0.05, 0) is 12.1 Å². The van der Waals surface area contributed by atoms with Crippen LogP contribution >= 0.6 is 11.3 Å². The van der Waals surface area contributed by atoms with Crippen LogP contribution < -0.4 is 10.1 Å². The van der Waals surface area contributed by atoms with Crippen LogP contribution in [-0.4, -0.2) is 34.4 Å². The van der Waals surface area contributed by atoms with E-state index in [9.17, 15) is 4.79 Å². The Morgan fingerprint density at radius 3 is 3.17 bits per heavy atom. The second-order valence-corrected chi connectivity index (χ2v) is 5.33. The molecule has 23 heavy (non-hydrogen) atoms. The molecule has 2 aromatic heterocycles. The molecule has 0 atom stereocenters. The number of thiazole rings is 1. The number of aromatic nitrogens is 3. The van der Waals surface area contributed by atoms with E-state index in [-0.39, 0.29) is 12.6 Å². The third-order valence-corrected chi connectivity index (χ3v) is 3.81. The minimum Gasteiger partial charge on any atom is -0.497 e. The molecule has 0 aliphatic carbocycles. The fourth-order valence-electron chi connectivity index (χ4n) is 1.98. The highest BCUT2D eigenvalue weighted by Gasteiger charge is 2.14. The van der Waals surface area contributed by atoms with Crippen molar-refractivity contribution in [3.8, 4) is 17.0 Å². The molecular weight excluding hydrogens is 316 g/mol. The predicted molar refractivity (Wildman–Crippen MR) is 88.0 cm³/mol. The zero-order valence-electron chi connectivity index (χ0n) is 12.4. The average Bonchev–Trinajstić information content (AvgIpc) is 3.12. The quantitative estimate of drug-likeness (QED) is 0.727. The molecule has 0 bridgehead atoms. The van der Waals surface area contributed by atoms with E-state index in [0.29, 0.717) is 4.96 Å². The van der Waals surface area contributed by atoms with Crippen molar-refractivity contribution in [2.45, 2.75) is 0 Å². The Balaban J connectivity index is 1.88. The van der Waals surface area contributed by atoms with E-state index < -0.39 is 6.09 Å². The summed E-state index contributed by atoms with van der Waals surface area (Å²) in [7, 11) is 1.62. The van der Waals surface area contributed by atoms with E-state index in [1.54, 1.807) is 11.6 Å². The van der Waals surface area contributed by atoms with Gasteiger partial charge in [0.15, 0.2) is 0 Å². The van der Waals surface area contributed by atoms with Crippen LogP contribution in [0.5, 0.6) is 5.75 Å². The first-order valence-corrected chi connectivity index (χ1v) is 7.62. The van der Waals surface area contributed by atoms with Crippen molar-refractivity contribution in [1.29, 1.82) is 0 Å². The lowest BCUT2D eigenvalue weighted by Gasteiger charge is -2.03. The van der Waals surface area contributed by atoms with E-state index >= 15 is 0 Å². The Morgan fingerprint density at radius 2 is 2.39 bits per heavy atom. The molecule has 0 aliphatic heterocycles. The maximum Gasteiger partial charge on any atom is 0.414 e. The Morgan fingerprint density at radius 1 is 1.52 bits per heavy atom. The standard InChI is InChI=1S/C15H14N4O3S/c1-3-7-22-15(20)17-13-16-14-19(18-13)12(9-23-14)10-5-4-6-11(8-10)21-2/h3-6,8-9H,1,7H2,2H3,(H,17,18,20). The number of nitrogens with zero attached hydrogens (tertiary/aromatic N) is 3. The van der Waals surface area contributed by atoms with Gasteiger partial charge in [-0.2, -0.15) is 4.98 Å². The van der Waals surface area contributed by atoms with Crippen LogP contribution in [0.15, 0.2) is 42.3 Å². The van der Waals surface area contributed by atoms with E-state index in [1.165, 1.54) is 17.4 Å². The molecule has 0 unspecified atom stereocenters. The smallest absolute Gasteiger partial charge is 0.414 e. The minimum absolute atomic E-state index is 0.128. The summed E-state index contributed by atoms with van der Waals surface area (Å²) >= 11 is 1.43. The number of hydrogen-bond acceptors (Lipinski definition) is 6. The summed E-state index contributed by atoms with van der Waals surface area (Å²) in [5, 5.41) is 8.72. The minimum atomic E-state index is -0.619. The number of nitrogens with one attached hydrogen (secondary N) is 1. The maximum atomic E-state index is 11.5. The number of ether oxygens (including phenoxy) is 2. The van der Waals surface area contributed by atoms with Crippen LogP contribution in [0.1, 0.15) is 0 Å². The first-order chi connectivity index (χ1) is 11.2. The number of anilines is 1. The van der Waals surface area contributed by atoms with Gasteiger partial charge in [-0.3, -0.25) is 5.32 Å². The van der Waals surface area contributed by atoms with Gasteiger partial charge in [0, 0.05) is 10.9 Å². The van der Waals surface area contributed by atoms with Crippen LogP contribution in [0.25, 0.3) is 16.2 Å². The number of methoxy groups -OCH3 is 1. The number of carbonyl (C=O) groups excluding carboxylic acids is 1. The molecule has 0 radical (unpaired) electrons. The van der Waals surface area contributed by atoms with E-state index in [4.69, 9.17) is 9.47 Å². The summed E-state index contributed by atoms with van der Waals surface area (Å²) in [6.07, 6.45) is 0.866. The van der Waals surface area contributed by atoms with Crippen molar-refractivity contribution < 1.29 is 14.3 Å². The highest BCUT2D eigenvalue weighted by molar-refractivity contribution is 7.15. The van der Waals surface area contributed by atoms with Crippen molar-refractivity contribution in [2.75, 3.05) is 19.0 Å². The van der Waals surface area contributed by atoms with Crippen LogP contribution in [0.4, 0.5) is 10.7 Å². The van der Waals surface area contributed by atoms with Gasteiger partial charge in [0.05, 0.1) is 12.8 Å². The lowest BCUT2D eigenvalue weighted by Crippen LogP contribution is -2.14. The molecule has 0 saturated carbocycles. The summed E-state index contributed by atoms with van der Waals surface area (Å²) in [6.45, 7) is 3.60. The molecule has 1 amide bonds. The molecular formula is C15H14N4O3S. The number of fused-ring (bicyclic) bond motifs is 1. The van der Waals surface area contributed by atoms with Gasteiger partial charge in [0.25, 0.3) is 5.95 Å². The summed E-state index contributed by atoms with van der Waals surface area (Å²) in [6, 6.07) is 7.64. The first-order valence-electron chi connectivity index (χ1n) is 6.74. The van der Waals surface area contributed by atoms with Crippen molar-refractivity contribution in [2.24, 2.45) is 0 Å². The second kappa shape index (κ2) is 6.49. The Hall–Kier alpha value is -2.87. The molecule has 3 aromatic rings. The number of benzene rings is 1. The lowest BCUT2D eigenvalue weighted by atomic mass is 10.2. The predicted octanol–water partition coefficient (Wildman–Crippen LogP) is 3.20. The van der Waals surface area contributed by atoms with Crippen LogP contribution in [0, 0.1) is 0 Å². The maximum absolute atomic E-state index is 11.5. The largest absolute Gasteiger partial charge is 0.497 e. The topological polar surface area (TPSA) is 77.8 Å². The SMILES string of the molecule is C=CCOC(=O)Nc1nc2scc(-c3cccc(OC)c3)n2n1. The summed E-state index contributed by atoms with van der Waals surface area (Å²) in [5.41, 5.74) is 1.81. The molecule has 1 aromatic carbocycles. The zero-order valence-corrected chi connectivity index (χ0v) is 13.2. The van der Waals surface area contributed by atoms with Crippen molar-refractivity contribution >= 4 is 28.3 Å². The highest BCUT2D eigenvalue weighted by atomic mass is 32.1. The van der Waals surface area contributed by atoms with Gasteiger partial charge in [0.2, 0.25) is 4.96 Å². The average molecular weight is 330 g/mol. The molecule has 8 heteroatoms. The van der Waals surface area contributed by atoms with Crippen LogP contribution in [0.3, 0.4) is 0 Å². The van der Waals surface area contributed by atoms with Crippen LogP contribution in [0.2, 0.25) is 0 Å². The Kier molecular flexibility index (Phi) is 4.24. The van der Waals surface area contributed by atoms with Crippen molar-refractivity contribution in [3.63, 3.8) is 0 Å². The van der Waals surface area contributed by atoms with Gasteiger partial charge in [0.1, 0.15) is 12.4 Å². The highest BCUT2D eigenvalue weighted by Crippen LogP contribution is 2.28. The normalized spacial score (nSPS) is 10.5. The van der Waals surface area contributed by atoms with Gasteiger partial charge >= 0.3 is 6.09 Å². The number of amides is 1. The van der Waals surface area contributed by atoms with Crippen molar-refractivity contribution in [3.05, 3.63) is 42.3 Å². The molecule has 0 spiro atoms. The molecule has 0 fully saturated rings.